The molecule has 2 aromatic heterocycles. The molecule has 0 aliphatic rings. The maximum Gasteiger partial charge on any atom is 0.387 e. The molecule has 1 aromatic carbocycles. The molecule has 9 heteroatoms. The SMILES string of the molecule is FC(F)Oc1cc(Cc2c[nH]c3ncc(Br)cc23)cc(OC(F)F)c1. The number of halogens is 5. The van der Waals surface area contributed by atoms with Crippen molar-refractivity contribution in [2.45, 2.75) is 19.6 Å². The topological polar surface area (TPSA) is 47.1 Å². The van der Waals surface area contributed by atoms with Crippen LogP contribution in [0.5, 0.6) is 11.5 Å². The highest BCUT2D eigenvalue weighted by atomic mass is 79.9. The summed E-state index contributed by atoms with van der Waals surface area (Å²) in [5.41, 5.74) is 1.96. The number of nitrogens with one attached hydrogen (secondary N) is 1. The fourth-order valence-corrected chi connectivity index (χ4v) is 2.80. The predicted molar refractivity (Wildman–Crippen MR) is 86.3 cm³/mol. The Labute approximate surface area is 147 Å². The number of alkyl halides is 4. The van der Waals surface area contributed by atoms with Crippen LogP contribution in [0, 0.1) is 0 Å². The van der Waals surface area contributed by atoms with Crippen molar-refractivity contribution in [1.29, 1.82) is 0 Å². The molecule has 0 atom stereocenters. The number of ether oxygens (including phenoxy) is 2. The molecule has 0 radical (unpaired) electrons. The Bertz CT molecular complexity index is 857. The first kappa shape index (κ1) is 17.5. The van der Waals surface area contributed by atoms with Crippen LogP contribution in [0.1, 0.15) is 11.1 Å². The second-order valence-corrected chi connectivity index (χ2v) is 6.03. The lowest BCUT2D eigenvalue weighted by Gasteiger charge is -2.11. The quantitative estimate of drug-likeness (QED) is 0.565. The molecule has 0 saturated carbocycles. The minimum Gasteiger partial charge on any atom is -0.435 e. The van der Waals surface area contributed by atoms with E-state index in [9.17, 15) is 17.6 Å². The van der Waals surface area contributed by atoms with Gasteiger partial charge in [-0.3, -0.25) is 0 Å². The fourth-order valence-electron chi connectivity index (χ4n) is 2.47. The third-order valence-corrected chi connectivity index (χ3v) is 3.80. The van der Waals surface area contributed by atoms with Crippen LogP contribution in [0.25, 0.3) is 11.0 Å². The molecule has 4 nitrogen and oxygen atoms in total. The largest absolute Gasteiger partial charge is 0.435 e. The number of fused-ring (bicyclic) bond motifs is 1. The molecule has 0 bridgehead atoms. The molecule has 1 N–H and O–H groups in total. The zero-order chi connectivity index (χ0) is 18.0. The van der Waals surface area contributed by atoms with Crippen molar-refractivity contribution in [3.05, 3.63) is 52.3 Å². The second-order valence-electron chi connectivity index (χ2n) is 5.11. The Balaban J connectivity index is 1.95. The van der Waals surface area contributed by atoms with E-state index in [0.29, 0.717) is 11.2 Å². The van der Waals surface area contributed by atoms with Gasteiger partial charge in [0, 0.05) is 28.3 Å². The van der Waals surface area contributed by atoms with Gasteiger partial charge in [0.2, 0.25) is 0 Å². The summed E-state index contributed by atoms with van der Waals surface area (Å²) in [6.07, 6.45) is 3.64. The van der Waals surface area contributed by atoms with E-state index in [-0.39, 0.29) is 17.9 Å². The molecule has 25 heavy (non-hydrogen) atoms. The van der Waals surface area contributed by atoms with Crippen LogP contribution in [-0.2, 0) is 6.42 Å². The van der Waals surface area contributed by atoms with E-state index in [4.69, 9.17) is 0 Å². The maximum absolute atomic E-state index is 12.4. The number of pyridine rings is 1. The van der Waals surface area contributed by atoms with Crippen molar-refractivity contribution in [2.75, 3.05) is 0 Å². The van der Waals surface area contributed by atoms with Gasteiger partial charge < -0.3 is 14.5 Å². The smallest absolute Gasteiger partial charge is 0.387 e. The third kappa shape index (κ3) is 4.41. The van der Waals surface area contributed by atoms with Gasteiger partial charge in [0.25, 0.3) is 0 Å². The monoisotopic (exact) mass is 418 g/mol. The Morgan fingerprint density at radius 2 is 1.64 bits per heavy atom. The number of nitrogens with zero attached hydrogens (tertiary/aromatic N) is 1. The van der Waals surface area contributed by atoms with E-state index in [1.807, 2.05) is 6.07 Å². The highest BCUT2D eigenvalue weighted by Crippen LogP contribution is 2.29. The Hall–Kier alpha value is -2.29. The van der Waals surface area contributed by atoms with Crippen LogP contribution in [0.15, 0.2) is 41.1 Å². The van der Waals surface area contributed by atoms with Crippen LogP contribution in [0.4, 0.5) is 17.6 Å². The van der Waals surface area contributed by atoms with Gasteiger partial charge in [0.15, 0.2) is 0 Å². The molecule has 2 heterocycles. The van der Waals surface area contributed by atoms with E-state index < -0.39 is 13.2 Å². The number of aromatic nitrogens is 2. The lowest BCUT2D eigenvalue weighted by Crippen LogP contribution is -2.05. The molecule has 0 aliphatic carbocycles. The van der Waals surface area contributed by atoms with Crippen LogP contribution in [0.2, 0.25) is 0 Å². The zero-order valence-corrected chi connectivity index (χ0v) is 14.1. The average Bonchev–Trinajstić information content (AvgIpc) is 2.88. The van der Waals surface area contributed by atoms with Crippen LogP contribution in [-0.4, -0.2) is 23.2 Å². The molecular weight excluding hydrogens is 408 g/mol. The first-order valence-electron chi connectivity index (χ1n) is 7.06. The maximum atomic E-state index is 12.4. The number of rotatable bonds is 6. The first-order chi connectivity index (χ1) is 11.9. The van der Waals surface area contributed by atoms with Crippen molar-refractivity contribution in [3.63, 3.8) is 0 Å². The van der Waals surface area contributed by atoms with Crippen molar-refractivity contribution >= 4 is 27.0 Å². The summed E-state index contributed by atoms with van der Waals surface area (Å²) >= 11 is 3.33. The van der Waals surface area contributed by atoms with Crippen molar-refractivity contribution < 1.29 is 27.0 Å². The molecule has 3 aromatic rings. The minimum absolute atomic E-state index is 0.248. The van der Waals surface area contributed by atoms with Gasteiger partial charge in [-0.25, -0.2) is 4.98 Å². The van der Waals surface area contributed by atoms with Gasteiger partial charge in [0.05, 0.1) is 0 Å². The van der Waals surface area contributed by atoms with Crippen molar-refractivity contribution in [2.24, 2.45) is 0 Å². The number of aromatic amines is 1. The van der Waals surface area contributed by atoms with Crippen molar-refractivity contribution in [3.8, 4) is 11.5 Å². The van der Waals surface area contributed by atoms with Gasteiger partial charge in [-0.2, -0.15) is 17.6 Å². The van der Waals surface area contributed by atoms with Crippen molar-refractivity contribution in [1.82, 2.24) is 9.97 Å². The van der Waals surface area contributed by atoms with Gasteiger partial charge in [-0.15, -0.1) is 0 Å². The van der Waals surface area contributed by atoms with E-state index in [0.717, 1.165) is 21.5 Å². The van der Waals surface area contributed by atoms with Gasteiger partial charge >= 0.3 is 13.2 Å². The number of hydrogen-bond donors (Lipinski definition) is 1. The summed E-state index contributed by atoms with van der Waals surface area (Å²) in [5.74, 6) is -0.496. The second kappa shape index (κ2) is 7.30. The van der Waals surface area contributed by atoms with E-state index >= 15 is 0 Å². The first-order valence-corrected chi connectivity index (χ1v) is 7.85. The van der Waals surface area contributed by atoms with Crippen LogP contribution < -0.4 is 9.47 Å². The minimum atomic E-state index is -3.07. The summed E-state index contributed by atoms with van der Waals surface area (Å²) in [6.45, 7) is -6.13. The number of benzene rings is 1. The normalized spacial score (nSPS) is 11.5. The molecule has 0 fully saturated rings. The lowest BCUT2D eigenvalue weighted by molar-refractivity contribution is -0.0543. The molecule has 0 unspecified atom stereocenters. The molecule has 3 rings (SSSR count). The molecular formula is C16H11BrF4N2O2. The Morgan fingerprint density at radius 1 is 1.00 bits per heavy atom. The standard InChI is InChI=1S/C16H11BrF4N2O2/c17-10-4-13-9(6-22-14(13)23-7-10)1-8-2-11(24-15(18)19)5-12(3-8)25-16(20)21/h2-7,15-16H,1H2,(H,22,23). The highest BCUT2D eigenvalue weighted by molar-refractivity contribution is 9.10. The Kier molecular flexibility index (Phi) is 5.12. The van der Waals surface area contributed by atoms with E-state index in [2.05, 4.69) is 35.4 Å². The molecule has 132 valence electrons. The molecule has 0 spiro atoms. The van der Waals surface area contributed by atoms with Crippen LogP contribution in [0.3, 0.4) is 0 Å². The molecule has 0 aliphatic heterocycles. The van der Waals surface area contributed by atoms with E-state index in [1.165, 1.54) is 12.1 Å². The summed E-state index contributed by atoms with van der Waals surface area (Å²) in [6, 6.07) is 5.56. The third-order valence-electron chi connectivity index (χ3n) is 3.37. The lowest BCUT2D eigenvalue weighted by atomic mass is 10.0. The molecule has 0 amide bonds. The molecule has 0 saturated heterocycles. The van der Waals surface area contributed by atoms with Gasteiger partial charge in [0.1, 0.15) is 17.1 Å². The number of hydrogen-bond acceptors (Lipinski definition) is 3. The number of H-pyrrole nitrogens is 1. The fraction of sp³-hybridized carbons (Fsp3) is 0.188. The van der Waals surface area contributed by atoms with Crippen LogP contribution >= 0.6 is 15.9 Å². The summed E-state index contributed by atoms with van der Waals surface area (Å²) in [7, 11) is 0. The van der Waals surface area contributed by atoms with Gasteiger partial charge in [-0.1, -0.05) is 0 Å². The Morgan fingerprint density at radius 3 is 2.24 bits per heavy atom. The summed E-state index contributed by atoms with van der Waals surface area (Å²) in [5, 5.41) is 0.825. The summed E-state index contributed by atoms with van der Waals surface area (Å²) < 4.78 is 59.2. The highest BCUT2D eigenvalue weighted by Gasteiger charge is 2.13. The zero-order valence-electron chi connectivity index (χ0n) is 12.5. The average molecular weight is 419 g/mol. The predicted octanol–water partition coefficient (Wildman–Crippen LogP) is 5.12. The van der Waals surface area contributed by atoms with Gasteiger partial charge in [-0.05, 0) is 51.7 Å². The summed E-state index contributed by atoms with van der Waals surface area (Å²) in [4.78, 5) is 7.20. The van der Waals surface area contributed by atoms with E-state index in [1.54, 1.807) is 12.4 Å².